The molecule has 0 spiro atoms. The summed E-state index contributed by atoms with van der Waals surface area (Å²) in [5.41, 5.74) is 1.93. The maximum atomic E-state index is 12.1. The van der Waals surface area contributed by atoms with E-state index in [-0.39, 0.29) is 11.9 Å². The molecule has 0 radical (unpaired) electrons. The Hall–Kier alpha value is -2.13. The van der Waals surface area contributed by atoms with Crippen molar-refractivity contribution in [2.45, 2.75) is 38.8 Å². The monoisotopic (exact) mass is 337 g/mol. The molecule has 1 fully saturated rings. The number of piperidine rings is 1. The molecule has 0 bridgehead atoms. The molecule has 0 N–H and O–H groups in total. The molecule has 2 aromatic carbocycles. The highest BCUT2D eigenvalue weighted by Crippen LogP contribution is 2.41. The number of hydrogen-bond acceptors (Lipinski definition) is 3. The molecule has 25 heavy (non-hydrogen) atoms. The summed E-state index contributed by atoms with van der Waals surface area (Å²) in [4.78, 5) is 14.6. The highest BCUT2D eigenvalue weighted by Gasteiger charge is 2.45. The van der Waals surface area contributed by atoms with Gasteiger partial charge in [0.05, 0.1) is 0 Å². The number of rotatable bonds is 5. The van der Waals surface area contributed by atoms with Gasteiger partial charge in [-0.25, -0.2) is 0 Å². The number of carbonyl (C=O) groups excluding carboxylic acids is 1. The van der Waals surface area contributed by atoms with Gasteiger partial charge < -0.3 is 4.74 Å². The zero-order chi connectivity index (χ0) is 17.7. The molecule has 0 aromatic heterocycles. The van der Waals surface area contributed by atoms with E-state index in [9.17, 15) is 4.79 Å². The predicted molar refractivity (Wildman–Crippen MR) is 100 cm³/mol. The minimum Gasteiger partial charge on any atom is -0.454 e. The number of likely N-dealkylation sites (tertiary alicyclic amines) is 1. The second-order valence-corrected chi connectivity index (χ2v) is 6.95. The predicted octanol–water partition coefficient (Wildman–Crippen LogP) is 4.38. The normalized spacial score (nSPS) is 24.0. The first-order valence-electron chi connectivity index (χ1n) is 9.17. The van der Waals surface area contributed by atoms with Gasteiger partial charge in [0.2, 0.25) is 0 Å². The fourth-order valence-electron chi connectivity index (χ4n) is 3.82. The maximum Gasteiger partial charge on any atom is 0.306 e. The molecule has 3 heteroatoms. The van der Waals surface area contributed by atoms with E-state index in [4.69, 9.17) is 4.74 Å². The Balaban J connectivity index is 1.80. The molecule has 1 aliphatic heterocycles. The summed E-state index contributed by atoms with van der Waals surface area (Å²) in [5, 5.41) is 0. The molecule has 3 nitrogen and oxygen atoms in total. The zero-order valence-electron chi connectivity index (χ0n) is 15.2. The topological polar surface area (TPSA) is 29.5 Å². The van der Waals surface area contributed by atoms with Gasteiger partial charge in [-0.1, -0.05) is 74.5 Å². The van der Waals surface area contributed by atoms with Crippen LogP contribution in [0.1, 0.15) is 37.8 Å². The summed E-state index contributed by atoms with van der Waals surface area (Å²) in [6.07, 6.45) is 1.24. The fraction of sp³-hybridized carbons (Fsp3) is 0.409. The molecule has 1 heterocycles. The van der Waals surface area contributed by atoms with Gasteiger partial charge in [0.1, 0.15) is 5.60 Å². The van der Waals surface area contributed by atoms with Crippen LogP contribution in [0.15, 0.2) is 60.7 Å². The molecule has 2 aromatic rings. The van der Waals surface area contributed by atoms with E-state index in [0.29, 0.717) is 6.42 Å². The molecule has 2 atom stereocenters. The highest BCUT2D eigenvalue weighted by molar-refractivity contribution is 5.69. The van der Waals surface area contributed by atoms with Crippen molar-refractivity contribution in [3.63, 3.8) is 0 Å². The van der Waals surface area contributed by atoms with Gasteiger partial charge in [-0.2, -0.15) is 0 Å². The van der Waals surface area contributed by atoms with Crippen LogP contribution in [0.4, 0.5) is 0 Å². The first-order chi connectivity index (χ1) is 12.1. The minimum atomic E-state index is -0.512. The van der Waals surface area contributed by atoms with E-state index in [1.54, 1.807) is 0 Å². The minimum absolute atomic E-state index is 0.118. The third kappa shape index (κ3) is 3.93. The van der Waals surface area contributed by atoms with Crippen molar-refractivity contribution in [2.75, 3.05) is 13.1 Å². The molecule has 3 rings (SSSR count). The summed E-state index contributed by atoms with van der Waals surface area (Å²) in [6, 6.07) is 20.8. The number of hydrogen-bond donors (Lipinski definition) is 0. The van der Waals surface area contributed by atoms with E-state index in [2.05, 4.69) is 48.2 Å². The highest BCUT2D eigenvalue weighted by atomic mass is 16.6. The Kier molecular flexibility index (Phi) is 5.54. The summed E-state index contributed by atoms with van der Waals surface area (Å²) in [6.45, 7) is 6.84. The van der Waals surface area contributed by atoms with Crippen LogP contribution < -0.4 is 0 Å². The second kappa shape index (κ2) is 7.83. The lowest BCUT2D eigenvalue weighted by molar-refractivity contribution is -0.175. The SMILES string of the molecule is CCC(=O)O[C@]1(c2ccccc2)CCN(Cc2ccccc2)C[C@@H]1C. The largest absolute Gasteiger partial charge is 0.454 e. The van der Waals surface area contributed by atoms with E-state index in [1.165, 1.54) is 5.56 Å². The summed E-state index contributed by atoms with van der Waals surface area (Å²) >= 11 is 0. The van der Waals surface area contributed by atoms with Gasteiger partial charge in [-0.3, -0.25) is 9.69 Å². The van der Waals surface area contributed by atoms with Crippen molar-refractivity contribution in [1.29, 1.82) is 0 Å². The smallest absolute Gasteiger partial charge is 0.306 e. The molecule has 0 amide bonds. The Morgan fingerprint density at radius 3 is 2.36 bits per heavy atom. The average Bonchev–Trinajstić information content (AvgIpc) is 2.65. The molecular weight excluding hydrogens is 310 g/mol. The Morgan fingerprint density at radius 1 is 1.12 bits per heavy atom. The van der Waals surface area contributed by atoms with Crippen LogP contribution in [0.3, 0.4) is 0 Å². The van der Waals surface area contributed by atoms with Crippen LogP contribution >= 0.6 is 0 Å². The third-order valence-electron chi connectivity index (χ3n) is 5.22. The lowest BCUT2D eigenvalue weighted by atomic mass is 9.76. The van der Waals surface area contributed by atoms with Crippen LogP contribution in [0.25, 0.3) is 0 Å². The second-order valence-electron chi connectivity index (χ2n) is 6.95. The molecule has 1 aliphatic rings. The van der Waals surface area contributed by atoms with Crippen LogP contribution in [0.5, 0.6) is 0 Å². The van der Waals surface area contributed by atoms with Gasteiger partial charge >= 0.3 is 5.97 Å². The van der Waals surface area contributed by atoms with Crippen molar-refractivity contribution in [3.8, 4) is 0 Å². The van der Waals surface area contributed by atoms with E-state index >= 15 is 0 Å². The number of esters is 1. The molecule has 132 valence electrons. The molecule has 0 aliphatic carbocycles. The van der Waals surface area contributed by atoms with Gasteiger partial charge in [-0.15, -0.1) is 0 Å². The molecule has 0 unspecified atom stereocenters. The Morgan fingerprint density at radius 2 is 1.76 bits per heavy atom. The van der Waals surface area contributed by atoms with E-state index < -0.39 is 5.60 Å². The molecule has 1 saturated heterocycles. The zero-order valence-corrected chi connectivity index (χ0v) is 15.2. The van der Waals surface area contributed by atoms with Crippen molar-refractivity contribution >= 4 is 5.97 Å². The van der Waals surface area contributed by atoms with Crippen molar-refractivity contribution in [2.24, 2.45) is 5.92 Å². The van der Waals surface area contributed by atoms with Gasteiger partial charge in [0.25, 0.3) is 0 Å². The summed E-state index contributed by atoms with van der Waals surface area (Å²) in [7, 11) is 0. The lowest BCUT2D eigenvalue weighted by Gasteiger charge is -2.46. The fourth-order valence-corrected chi connectivity index (χ4v) is 3.82. The van der Waals surface area contributed by atoms with Gasteiger partial charge in [0, 0.05) is 38.4 Å². The van der Waals surface area contributed by atoms with Gasteiger partial charge in [0.15, 0.2) is 0 Å². The van der Waals surface area contributed by atoms with Crippen molar-refractivity contribution < 1.29 is 9.53 Å². The quantitative estimate of drug-likeness (QED) is 0.759. The molecule has 0 saturated carbocycles. The first kappa shape index (κ1) is 17.7. The van der Waals surface area contributed by atoms with Crippen LogP contribution in [-0.2, 0) is 21.7 Å². The van der Waals surface area contributed by atoms with Gasteiger partial charge in [-0.05, 0) is 11.1 Å². The van der Waals surface area contributed by atoms with Crippen LogP contribution in [0, 0.1) is 5.92 Å². The average molecular weight is 337 g/mol. The molecular formula is C22H27NO2. The number of benzene rings is 2. The standard InChI is InChI=1S/C22H27NO2/c1-3-21(24)25-22(20-12-8-5-9-13-20)14-15-23(16-18(22)2)17-19-10-6-4-7-11-19/h4-13,18H,3,14-17H2,1-2H3/t18-,22+/m0/s1. The third-order valence-corrected chi connectivity index (χ3v) is 5.22. The lowest BCUT2D eigenvalue weighted by Crippen LogP contribution is -2.50. The Labute approximate surface area is 150 Å². The van der Waals surface area contributed by atoms with Crippen LogP contribution in [-0.4, -0.2) is 24.0 Å². The van der Waals surface area contributed by atoms with E-state index in [1.807, 2.05) is 31.2 Å². The number of carbonyl (C=O) groups is 1. The summed E-state index contributed by atoms with van der Waals surface area (Å²) in [5.74, 6) is 0.120. The number of ether oxygens (including phenoxy) is 1. The van der Waals surface area contributed by atoms with E-state index in [0.717, 1.165) is 31.6 Å². The first-order valence-corrected chi connectivity index (χ1v) is 9.17. The van der Waals surface area contributed by atoms with Crippen LogP contribution in [0.2, 0.25) is 0 Å². The maximum absolute atomic E-state index is 12.1. The summed E-state index contributed by atoms with van der Waals surface area (Å²) < 4.78 is 6.06. The Bertz CT molecular complexity index is 686. The van der Waals surface area contributed by atoms with Crippen molar-refractivity contribution in [3.05, 3.63) is 71.8 Å². The van der Waals surface area contributed by atoms with Crippen molar-refractivity contribution in [1.82, 2.24) is 4.90 Å². The number of nitrogens with zero attached hydrogens (tertiary/aromatic N) is 1.